The van der Waals surface area contributed by atoms with Crippen LogP contribution in [0.5, 0.6) is 0 Å². The van der Waals surface area contributed by atoms with Crippen LogP contribution in [0.4, 0.5) is 0 Å². The number of aliphatic hydroxyl groups is 2. The van der Waals surface area contributed by atoms with Gasteiger partial charge >= 0.3 is 11.9 Å². The molecule has 0 bridgehead atoms. The van der Waals surface area contributed by atoms with Crippen LogP contribution < -0.4 is 103 Å². The number of carbonyl (C=O) groups excluding carboxylic acids is 19. The van der Waals surface area contributed by atoms with Crippen molar-refractivity contribution in [3.8, 4) is 0 Å². The quantitative estimate of drug-likeness (QED) is 0.0164. The Morgan fingerprint density at radius 3 is 1.15 bits per heavy atom. The van der Waals surface area contributed by atoms with Crippen molar-refractivity contribution in [2.75, 3.05) is 39.4 Å². The number of benzene rings is 1. The molecule has 1 aromatic carbocycles. The summed E-state index contributed by atoms with van der Waals surface area (Å²) in [5.41, 5.74) is 28.7. The molecule has 0 spiro atoms. The van der Waals surface area contributed by atoms with Crippen molar-refractivity contribution in [1.82, 2.24) is 84.2 Å². The summed E-state index contributed by atoms with van der Waals surface area (Å²) in [4.78, 5) is 274. The van der Waals surface area contributed by atoms with Crippen LogP contribution in [0.25, 0.3) is 0 Å². The molecule has 3 rings (SSSR count). The largest absolute Gasteiger partial charge is 0.481 e. The molecular formula is C86H143N21O27. The van der Waals surface area contributed by atoms with E-state index >= 15 is 0 Å². The van der Waals surface area contributed by atoms with Crippen molar-refractivity contribution in [2.45, 2.75) is 314 Å². The number of ether oxygens (including phenoxy) is 2. The second kappa shape index (κ2) is 61.6. The average Bonchev–Trinajstić information content (AvgIpc) is 1.64. The monoisotopic (exact) mass is 1900 g/mol. The highest BCUT2D eigenvalue weighted by Crippen LogP contribution is 2.25. The van der Waals surface area contributed by atoms with E-state index in [2.05, 4.69) is 74.4 Å². The van der Waals surface area contributed by atoms with Crippen molar-refractivity contribution >= 4 is 125 Å². The Morgan fingerprint density at radius 2 is 0.769 bits per heavy atom. The van der Waals surface area contributed by atoms with Crippen LogP contribution in [0.1, 0.15) is 204 Å². The van der Waals surface area contributed by atoms with E-state index in [9.17, 15) is 111 Å². The molecule has 0 aromatic heterocycles. The van der Waals surface area contributed by atoms with Crippen molar-refractivity contribution in [1.29, 1.82) is 0 Å². The van der Waals surface area contributed by atoms with Gasteiger partial charge in [-0.25, -0.2) is 0 Å². The van der Waals surface area contributed by atoms with Crippen LogP contribution in [-0.4, -0.2) is 304 Å². The molecular weight excluding hydrogens is 1760 g/mol. The number of carboxylic acids is 2. The molecule has 2 heterocycles. The van der Waals surface area contributed by atoms with E-state index in [-0.39, 0.29) is 109 Å². The number of hydrogen-bond donors (Lipinski definition) is 23. The van der Waals surface area contributed by atoms with E-state index in [0.717, 1.165) is 0 Å². The van der Waals surface area contributed by atoms with Gasteiger partial charge in [0.05, 0.1) is 38.1 Å². The van der Waals surface area contributed by atoms with E-state index < -0.39 is 266 Å². The fraction of sp³-hybridized carbons (Fsp3) is 0.686. The van der Waals surface area contributed by atoms with E-state index in [1.807, 2.05) is 0 Å². The number of nitrogens with one attached hydrogen (secondary N) is 14. The molecule has 17 amide bonds. The lowest BCUT2D eigenvalue weighted by molar-refractivity contribution is -0.145. The highest BCUT2D eigenvalue weighted by molar-refractivity contribution is 6.01. The highest BCUT2D eigenvalue weighted by atomic mass is 16.5. The topological polar surface area (TPSA) is 763 Å². The first kappa shape index (κ1) is 118. The first-order valence-corrected chi connectivity index (χ1v) is 45.1. The number of aliphatic hydroxyl groups excluding tert-OH is 2. The minimum Gasteiger partial charge on any atom is -0.481 e. The maximum atomic E-state index is 14.1. The zero-order valence-electron chi connectivity index (χ0n) is 78.4. The van der Waals surface area contributed by atoms with Crippen molar-refractivity contribution in [3.05, 3.63) is 35.9 Å². The minimum absolute atomic E-state index is 0.00120. The molecule has 2 fully saturated rings. The summed E-state index contributed by atoms with van der Waals surface area (Å²) >= 11 is 0. The summed E-state index contributed by atoms with van der Waals surface area (Å²) in [5, 5.41) is 73.2. The van der Waals surface area contributed by atoms with Gasteiger partial charge in [-0.3, -0.25) is 101 Å². The number of primary amides is 1. The number of carbonyl (C=O) groups is 21. The average molecular weight is 1900 g/mol. The number of amides is 17. The Hall–Kier alpha value is -12.1. The number of aliphatic carboxylic acids is 2. The first-order chi connectivity index (χ1) is 63.2. The molecule has 1 aromatic rings. The number of nitrogens with two attached hydrogens (primary N) is 5. The van der Waals surface area contributed by atoms with Crippen molar-refractivity contribution in [3.63, 3.8) is 0 Å². The van der Waals surface area contributed by atoms with Crippen molar-refractivity contribution < 1.29 is 131 Å². The number of unbranched alkanes of at least 4 members (excludes halogenated alkanes) is 2. The second-order valence-electron chi connectivity index (χ2n) is 34.0. The molecule has 134 heavy (non-hydrogen) atoms. The molecule has 2 aliphatic rings. The summed E-state index contributed by atoms with van der Waals surface area (Å²) in [6.45, 7) is 18.7. The maximum Gasteiger partial charge on any atom is 0.303 e. The lowest BCUT2D eigenvalue weighted by atomic mass is 9.97. The van der Waals surface area contributed by atoms with E-state index in [1.165, 1.54) is 30.6 Å². The minimum atomic E-state index is -1.66. The molecule has 48 heteroatoms. The van der Waals surface area contributed by atoms with Gasteiger partial charge in [0.2, 0.25) is 100 Å². The summed E-state index contributed by atoms with van der Waals surface area (Å²) in [7, 11) is 0. The van der Waals surface area contributed by atoms with Crippen LogP contribution >= 0.6 is 0 Å². The van der Waals surface area contributed by atoms with Gasteiger partial charge in [-0.05, 0) is 140 Å². The van der Waals surface area contributed by atoms with Gasteiger partial charge in [-0.1, -0.05) is 99.1 Å². The van der Waals surface area contributed by atoms with Gasteiger partial charge in [0.1, 0.15) is 84.6 Å². The van der Waals surface area contributed by atoms with Crippen LogP contribution in [-0.2, 0) is 117 Å². The van der Waals surface area contributed by atoms with Crippen LogP contribution in [0.2, 0.25) is 0 Å². The standard InChI is InChI=1S/C45H72N10O13.C41H71N11O14/c1-7-29(48-41(63)31(22-28-14-9-8-10-15-28)50-43(65)33-17-13-21-55(33)45(67)37(26(4)5)54-38(60)27(6)47)39(61)53-36(25(2)3)44(66)49-30(16-11-12-20-46)40(62)51-32(23-56)42(64)52-34(68-24-57)18-19-35(58)59;1-7-22(4)33(51-39(63)28-12-10-18-52(28)41(65)32(21(2)3)50-34(58)23(5)43)40(64)45-24(6)35(59)46-26(13-14-29(44)55)37(61)47-25(11-8-9-17-42)36(60)48-27(19-53)38(62)49-30(66-20-54)15-16-31(56)57/h8-10,14-15,24-27,29-34,36-37,56H,7,11-13,16-23,46-47H2,1-6H3,(H,48,63)(H,49,66)(H,50,65)(H,51,62)(H,52,64)(H,53,61)(H,54,60)(H,58,59);20-28,30,32-33,53H,7-19,42-43H2,1-6H3,(H2,44,55)(H,45,64)(H,46,59)(H,47,61)(H,48,60)(H,49,62)(H,50,58)(H,51,63)(H,56,57)/t27-,29?,30-,31-,32-,33-,34+,36-,37-;22?,23-,24-,25-,26-,27-,28-,30+,32-,33-/m00/s1. The Kier molecular flexibility index (Phi) is 54.2. The van der Waals surface area contributed by atoms with Gasteiger partial charge in [0.25, 0.3) is 12.9 Å². The molecule has 0 radical (unpaired) electrons. The number of rotatable bonds is 61. The third kappa shape index (κ3) is 41.1. The summed E-state index contributed by atoms with van der Waals surface area (Å²) < 4.78 is 9.42. The zero-order chi connectivity index (χ0) is 101. The van der Waals surface area contributed by atoms with Gasteiger partial charge in [-0.15, -0.1) is 0 Å². The molecule has 19 atom stereocenters. The van der Waals surface area contributed by atoms with Crippen LogP contribution in [0.3, 0.4) is 0 Å². The van der Waals surface area contributed by atoms with Crippen LogP contribution in [0.15, 0.2) is 30.3 Å². The predicted molar refractivity (Wildman–Crippen MR) is 480 cm³/mol. The van der Waals surface area contributed by atoms with Gasteiger partial charge in [0.15, 0.2) is 12.5 Å². The maximum absolute atomic E-state index is 14.1. The number of hydrogen-bond acceptors (Lipinski definition) is 29. The van der Waals surface area contributed by atoms with Gasteiger partial charge < -0.3 is 143 Å². The van der Waals surface area contributed by atoms with E-state index in [1.54, 1.807) is 92.6 Å². The molecule has 2 saturated heterocycles. The molecule has 0 saturated carbocycles. The summed E-state index contributed by atoms with van der Waals surface area (Å²) in [5.74, 6) is -17.1. The third-order valence-electron chi connectivity index (χ3n) is 22.1. The molecule has 2 unspecified atom stereocenters. The van der Waals surface area contributed by atoms with Crippen molar-refractivity contribution in [2.24, 2.45) is 52.3 Å². The third-order valence-corrected chi connectivity index (χ3v) is 22.1. The second-order valence-corrected chi connectivity index (χ2v) is 34.0. The zero-order valence-corrected chi connectivity index (χ0v) is 78.4. The Morgan fingerprint density at radius 1 is 0.403 bits per heavy atom. The smallest absolute Gasteiger partial charge is 0.303 e. The van der Waals surface area contributed by atoms with Gasteiger partial charge in [-0.2, -0.15) is 0 Å². The lowest BCUT2D eigenvalue weighted by Gasteiger charge is -2.32. The molecule has 754 valence electrons. The fourth-order valence-corrected chi connectivity index (χ4v) is 14.0. The lowest BCUT2D eigenvalue weighted by Crippen LogP contribution is -2.61. The van der Waals surface area contributed by atoms with E-state index in [4.69, 9.17) is 48.4 Å². The summed E-state index contributed by atoms with van der Waals surface area (Å²) in [6, 6.07) is -10.5. The van der Waals surface area contributed by atoms with E-state index in [0.29, 0.717) is 50.5 Å². The Labute approximate surface area is 778 Å². The summed E-state index contributed by atoms with van der Waals surface area (Å²) in [6.07, 6.45) is -1.67. The fourth-order valence-electron chi connectivity index (χ4n) is 14.0. The Bertz CT molecular complexity index is 4070. The van der Waals surface area contributed by atoms with Crippen LogP contribution in [0, 0.1) is 23.7 Å². The SMILES string of the molecule is CCC(C)[C@H](NC(=O)[C@@H]1CCCN1C(=O)[C@@H](NC(=O)[C@H](C)N)C(C)C)C(=O)N[C@@H](C)C(=O)N[C@@H](CCC(N)=O)C(=O)N[C@@H](CCCCN)C(=O)N[C@@H](CO)C(=O)N[C@@H](CCC(=O)O)OC=O.CCC(NC(=O)[C@H](Cc1ccccc1)NC(=O)[C@@H]1CCCN1C(=O)[C@@H](NC(=O)[C@H](C)N)C(C)C)C(=O)N[C@H](C(=O)N[C@@H](CCCCN)C(=O)N[C@@H](CO)C(=O)N[C@@H](CCC(=O)O)OC=O)C(C)C. The molecule has 0 aliphatic carbocycles. The normalized spacial score (nSPS) is 17.2. The highest BCUT2D eigenvalue weighted by Gasteiger charge is 2.44. The molecule has 28 N–H and O–H groups in total. The van der Waals surface area contributed by atoms with Gasteiger partial charge in [0, 0.05) is 38.8 Å². The Balaban J connectivity index is 0.000000907. The number of carboxylic acid groups (broad SMARTS) is 2. The molecule has 2 aliphatic heterocycles. The molecule has 48 nitrogen and oxygen atoms in total. The first-order valence-electron chi connectivity index (χ1n) is 45.1. The predicted octanol–water partition coefficient (Wildman–Crippen LogP) is -6.38. The number of likely N-dealkylation sites (tertiary alicyclic amines) is 2. The number of nitrogens with zero attached hydrogens (tertiary/aromatic N) is 2.